The normalized spacial score (nSPS) is 20.7. The molecule has 1 amide bonds. The first-order valence-electron chi connectivity index (χ1n) is 5.94. The lowest BCUT2D eigenvalue weighted by atomic mass is 10.2. The molecule has 1 rings (SSSR count). The summed E-state index contributed by atoms with van der Waals surface area (Å²) in [5, 5.41) is 0. The Labute approximate surface area is 107 Å². The quantitative estimate of drug-likeness (QED) is 0.677. The van der Waals surface area contributed by atoms with Crippen molar-refractivity contribution in [2.24, 2.45) is 0 Å². The van der Waals surface area contributed by atoms with Crippen LogP contribution in [-0.4, -0.2) is 61.9 Å². The van der Waals surface area contributed by atoms with Gasteiger partial charge in [0.05, 0.1) is 25.9 Å². The van der Waals surface area contributed by atoms with Crippen LogP contribution in [-0.2, 0) is 23.8 Å². The van der Waals surface area contributed by atoms with Gasteiger partial charge in [-0.3, -0.25) is 4.79 Å². The summed E-state index contributed by atoms with van der Waals surface area (Å²) in [6.07, 6.45) is 0. The molecule has 1 fully saturated rings. The summed E-state index contributed by atoms with van der Waals surface area (Å²) in [5.41, 5.74) is -0.386. The first-order chi connectivity index (χ1) is 8.35. The Balaban J connectivity index is 2.60. The number of carbonyl (C=O) groups is 2. The molecule has 1 saturated heterocycles. The number of rotatable bonds is 3. The summed E-state index contributed by atoms with van der Waals surface area (Å²) in [6.45, 7) is 6.55. The SMILES string of the molecule is COC(=O)C1COCCN1C(=O)COC(C)(C)C. The molecular formula is C12H21NO5. The van der Waals surface area contributed by atoms with Crippen LogP contribution in [0.2, 0.25) is 0 Å². The fourth-order valence-electron chi connectivity index (χ4n) is 1.59. The molecule has 0 aromatic heterocycles. The minimum Gasteiger partial charge on any atom is -0.467 e. The lowest BCUT2D eigenvalue weighted by molar-refractivity contribution is -0.164. The van der Waals surface area contributed by atoms with Gasteiger partial charge in [0.1, 0.15) is 6.61 Å². The molecule has 1 heterocycles. The smallest absolute Gasteiger partial charge is 0.331 e. The molecule has 1 unspecified atom stereocenters. The number of esters is 1. The number of hydrogen-bond donors (Lipinski definition) is 0. The highest BCUT2D eigenvalue weighted by molar-refractivity contribution is 5.85. The molecular weight excluding hydrogens is 238 g/mol. The van der Waals surface area contributed by atoms with Gasteiger partial charge in [-0.05, 0) is 20.8 Å². The molecule has 0 N–H and O–H groups in total. The Morgan fingerprint density at radius 2 is 2.06 bits per heavy atom. The van der Waals surface area contributed by atoms with Gasteiger partial charge in [0, 0.05) is 6.54 Å². The van der Waals surface area contributed by atoms with Crippen LogP contribution in [0, 0.1) is 0 Å². The Bertz CT molecular complexity index is 310. The van der Waals surface area contributed by atoms with Gasteiger partial charge in [0.15, 0.2) is 6.04 Å². The van der Waals surface area contributed by atoms with Crippen molar-refractivity contribution in [3.63, 3.8) is 0 Å². The highest BCUT2D eigenvalue weighted by atomic mass is 16.5. The van der Waals surface area contributed by atoms with Crippen LogP contribution in [0.4, 0.5) is 0 Å². The molecule has 6 heteroatoms. The summed E-state index contributed by atoms with van der Waals surface area (Å²) in [6, 6.07) is -0.667. The molecule has 0 radical (unpaired) electrons. The van der Waals surface area contributed by atoms with E-state index in [4.69, 9.17) is 9.47 Å². The van der Waals surface area contributed by atoms with Crippen molar-refractivity contribution < 1.29 is 23.8 Å². The van der Waals surface area contributed by atoms with Crippen molar-refractivity contribution in [2.75, 3.05) is 33.5 Å². The fraction of sp³-hybridized carbons (Fsp3) is 0.833. The largest absolute Gasteiger partial charge is 0.467 e. The maximum atomic E-state index is 12.0. The standard InChI is InChI=1S/C12H21NO5/c1-12(2,3)18-8-10(14)13-5-6-17-7-9(13)11(15)16-4/h9H,5-8H2,1-4H3. The fourth-order valence-corrected chi connectivity index (χ4v) is 1.59. The molecule has 0 spiro atoms. The second-order valence-electron chi connectivity index (χ2n) is 5.10. The second kappa shape index (κ2) is 6.15. The monoisotopic (exact) mass is 259 g/mol. The number of hydrogen-bond acceptors (Lipinski definition) is 5. The van der Waals surface area contributed by atoms with E-state index in [0.717, 1.165) is 0 Å². The number of amides is 1. The van der Waals surface area contributed by atoms with E-state index in [0.29, 0.717) is 13.2 Å². The van der Waals surface area contributed by atoms with Crippen molar-refractivity contribution in [2.45, 2.75) is 32.4 Å². The Morgan fingerprint density at radius 1 is 1.39 bits per heavy atom. The summed E-state index contributed by atoms with van der Waals surface area (Å²) in [4.78, 5) is 25.0. The van der Waals surface area contributed by atoms with Gasteiger partial charge in [-0.25, -0.2) is 4.79 Å². The third-order valence-electron chi connectivity index (χ3n) is 2.55. The highest BCUT2D eigenvalue weighted by Crippen LogP contribution is 2.12. The van der Waals surface area contributed by atoms with E-state index in [2.05, 4.69) is 4.74 Å². The van der Waals surface area contributed by atoms with E-state index >= 15 is 0 Å². The van der Waals surface area contributed by atoms with Gasteiger partial charge in [-0.1, -0.05) is 0 Å². The van der Waals surface area contributed by atoms with E-state index in [9.17, 15) is 9.59 Å². The van der Waals surface area contributed by atoms with Crippen LogP contribution in [0.1, 0.15) is 20.8 Å². The number of methoxy groups -OCH3 is 1. The molecule has 1 aliphatic heterocycles. The maximum absolute atomic E-state index is 12.0. The van der Waals surface area contributed by atoms with Crippen molar-refractivity contribution in [1.82, 2.24) is 4.90 Å². The van der Waals surface area contributed by atoms with Gasteiger partial charge in [-0.2, -0.15) is 0 Å². The minimum atomic E-state index is -0.667. The van der Waals surface area contributed by atoms with Crippen LogP contribution in [0.15, 0.2) is 0 Å². The van der Waals surface area contributed by atoms with Crippen LogP contribution in [0.3, 0.4) is 0 Å². The molecule has 0 aromatic rings. The summed E-state index contributed by atoms with van der Waals surface area (Å²) in [5.74, 6) is -0.678. The Kier molecular flexibility index (Phi) is 5.10. The molecule has 0 bridgehead atoms. The number of nitrogens with zero attached hydrogens (tertiary/aromatic N) is 1. The van der Waals surface area contributed by atoms with E-state index in [-0.39, 0.29) is 24.7 Å². The van der Waals surface area contributed by atoms with Gasteiger partial charge >= 0.3 is 5.97 Å². The molecule has 6 nitrogen and oxygen atoms in total. The Hall–Kier alpha value is -1.14. The predicted molar refractivity (Wildman–Crippen MR) is 64.0 cm³/mol. The molecule has 18 heavy (non-hydrogen) atoms. The predicted octanol–water partition coefficient (Wildman–Crippen LogP) is 0.202. The lowest BCUT2D eigenvalue weighted by Gasteiger charge is -2.34. The van der Waals surface area contributed by atoms with Crippen LogP contribution in [0.5, 0.6) is 0 Å². The zero-order chi connectivity index (χ0) is 13.8. The highest BCUT2D eigenvalue weighted by Gasteiger charge is 2.33. The zero-order valence-electron chi connectivity index (χ0n) is 11.4. The van der Waals surface area contributed by atoms with Crippen LogP contribution < -0.4 is 0 Å². The van der Waals surface area contributed by atoms with Crippen molar-refractivity contribution in [3.05, 3.63) is 0 Å². The van der Waals surface area contributed by atoms with E-state index in [1.807, 2.05) is 20.8 Å². The topological polar surface area (TPSA) is 65.1 Å². The third kappa shape index (κ3) is 4.27. The average molecular weight is 259 g/mol. The molecule has 0 aromatic carbocycles. The average Bonchev–Trinajstić information content (AvgIpc) is 2.34. The van der Waals surface area contributed by atoms with Gasteiger partial charge < -0.3 is 19.1 Å². The van der Waals surface area contributed by atoms with E-state index < -0.39 is 12.0 Å². The van der Waals surface area contributed by atoms with E-state index in [1.165, 1.54) is 12.0 Å². The number of ether oxygens (including phenoxy) is 3. The summed E-state index contributed by atoms with van der Waals surface area (Å²) >= 11 is 0. The Morgan fingerprint density at radius 3 is 2.61 bits per heavy atom. The summed E-state index contributed by atoms with van der Waals surface area (Å²) in [7, 11) is 1.30. The van der Waals surface area contributed by atoms with Crippen LogP contribution >= 0.6 is 0 Å². The van der Waals surface area contributed by atoms with E-state index in [1.54, 1.807) is 0 Å². The van der Waals surface area contributed by atoms with Crippen LogP contribution in [0.25, 0.3) is 0 Å². The van der Waals surface area contributed by atoms with Crippen molar-refractivity contribution in [3.8, 4) is 0 Å². The van der Waals surface area contributed by atoms with Crippen molar-refractivity contribution in [1.29, 1.82) is 0 Å². The molecule has 1 aliphatic rings. The molecule has 1 atom stereocenters. The molecule has 104 valence electrons. The number of carbonyl (C=O) groups excluding carboxylic acids is 2. The van der Waals surface area contributed by atoms with Gasteiger partial charge in [0.25, 0.3) is 0 Å². The van der Waals surface area contributed by atoms with Gasteiger partial charge in [-0.15, -0.1) is 0 Å². The lowest BCUT2D eigenvalue weighted by Crippen LogP contribution is -2.54. The van der Waals surface area contributed by atoms with Crippen molar-refractivity contribution >= 4 is 11.9 Å². The first kappa shape index (κ1) is 14.9. The second-order valence-corrected chi connectivity index (χ2v) is 5.10. The van der Waals surface area contributed by atoms with Gasteiger partial charge in [0.2, 0.25) is 5.91 Å². The molecule has 0 aliphatic carbocycles. The zero-order valence-corrected chi connectivity index (χ0v) is 11.4. The third-order valence-corrected chi connectivity index (χ3v) is 2.55. The maximum Gasteiger partial charge on any atom is 0.331 e. The molecule has 0 saturated carbocycles. The first-order valence-corrected chi connectivity index (χ1v) is 5.94. The summed E-state index contributed by atoms with van der Waals surface area (Å²) < 4.78 is 15.3. The minimum absolute atomic E-state index is 0.0446. The number of morpholine rings is 1.